The maximum absolute atomic E-state index is 12.5. The fourth-order valence-electron chi connectivity index (χ4n) is 3.32. The van der Waals surface area contributed by atoms with E-state index >= 15 is 0 Å². The van der Waals surface area contributed by atoms with E-state index in [0.717, 1.165) is 5.56 Å². The number of benzene rings is 1. The first-order chi connectivity index (χ1) is 13.3. The Morgan fingerprint density at radius 3 is 2.93 bits per heavy atom. The molecule has 1 aliphatic rings. The quantitative estimate of drug-likeness (QED) is 0.496. The van der Waals surface area contributed by atoms with Gasteiger partial charge in [-0.2, -0.15) is 9.78 Å². The van der Waals surface area contributed by atoms with E-state index in [9.17, 15) is 4.79 Å². The summed E-state index contributed by atoms with van der Waals surface area (Å²) in [5.41, 5.74) is 1.80. The zero-order chi connectivity index (χ0) is 18.4. The second-order valence-electron chi connectivity index (χ2n) is 5.88. The number of furan rings is 1. The van der Waals surface area contributed by atoms with Crippen LogP contribution in [0.2, 0.25) is 0 Å². The summed E-state index contributed by atoms with van der Waals surface area (Å²) in [5.74, 6) is 1.50. The van der Waals surface area contributed by atoms with Gasteiger partial charge in [0.25, 0.3) is 5.56 Å². The molecular formula is C17H13N7O3. The molecule has 0 amide bonds. The minimum atomic E-state index is -0.530. The highest BCUT2D eigenvalue weighted by Crippen LogP contribution is 2.43. The van der Waals surface area contributed by atoms with Gasteiger partial charge in [0, 0.05) is 11.1 Å². The van der Waals surface area contributed by atoms with Gasteiger partial charge in [-0.25, -0.2) is 5.10 Å². The van der Waals surface area contributed by atoms with Crippen LogP contribution in [0.4, 0.5) is 11.6 Å². The summed E-state index contributed by atoms with van der Waals surface area (Å²) in [5, 5.41) is 21.5. The SMILES string of the molecule is COc1ccccc1[C@H]1c2c(-c3ccco3)n[nH]c(=O)c2Nc2nnnn21. The number of fused-ring (bicyclic) bond motifs is 2. The lowest BCUT2D eigenvalue weighted by Crippen LogP contribution is -2.29. The first-order valence-electron chi connectivity index (χ1n) is 8.12. The molecule has 1 atom stereocenters. The van der Waals surface area contributed by atoms with Crippen molar-refractivity contribution in [2.75, 3.05) is 12.4 Å². The van der Waals surface area contributed by atoms with Crippen LogP contribution in [-0.2, 0) is 0 Å². The van der Waals surface area contributed by atoms with Crippen LogP contribution in [-0.4, -0.2) is 37.5 Å². The molecule has 10 heteroatoms. The normalized spacial score (nSPS) is 14.9. The molecule has 2 N–H and O–H groups in total. The van der Waals surface area contributed by atoms with Crippen molar-refractivity contribution in [1.29, 1.82) is 0 Å². The van der Waals surface area contributed by atoms with E-state index in [1.54, 1.807) is 30.2 Å². The van der Waals surface area contributed by atoms with Crippen molar-refractivity contribution >= 4 is 11.6 Å². The number of hydrogen-bond donors (Lipinski definition) is 2. The number of aromatic nitrogens is 6. The lowest BCUT2D eigenvalue weighted by Gasteiger charge is -2.28. The van der Waals surface area contributed by atoms with Crippen LogP contribution < -0.4 is 15.6 Å². The minimum Gasteiger partial charge on any atom is -0.496 e. The number of ether oxygens (including phenoxy) is 1. The third-order valence-corrected chi connectivity index (χ3v) is 4.46. The highest BCUT2D eigenvalue weighted by molar-refractivity contribution is 5.73. The van der Waals surface area contributed by atoms with Crippen LogP contribution in [0, 0.1) is 0 Å². The van der Waals surface area contributed by atoms with Gasteiger partial charge in [-0.15, -0.1) is 0 Å². The first kappa shape index (κ1) is 15.3. The molecule has 4 aromatic rings. The van der Waals surface area contributed by atoms with Crippen LogP contribution in [0.25, 0.3) is 11.5 Å². The van der Waals surface area contributed by atoms with Crippen LogP contribution in [0.1, 0.15) is 17.2 Å². The predicted octanol–water partition coefficient (Wildman–Crippen LogP) is 1.72. The van der Waals surface area contributed by atoms with Crippen molar-refractivity contribution in [1.82, 2.24) is 30.4 Å². The van der Waals surface area contributed by atoms with Gasteiger partial charge in [-0.1, -0.05) is 23.3 Å². The molecule has 0 saturated carbocycles. The molecule has 3 aromatic heterocycles. The van der Waals surface area contributed by atoms with Crippen molar-refractivity contribution in [2.45, 2.75) is 6.04 Å². The highest BCUT2D eigenvalue weighted by atomic mass is 16.5. The van der Waals surface area contributed by atoms with E-state index in [1.807, 2.05) is 24.3 Å². The second-order valence-corrected chi connectivity index (χ2v) is 5.88. The van der Waals surface area contributed by atoms with E-state index in [1.165, 1.54) is 0 Å². The zero-order valence-corrected chi connectivity index (χ0v) is 14.1. The lowest BCUT2D eigenvalue weighted by molar-refractivity contribution is 0.402. The van der Waals surface area contributed by atoms with Crippen molar-refractivity contribution in [3.8, 4) is 17.2 Å². The van der Waals surface area contributed by atoms with Gasteiger partial charge < -0.3 is 14.5 Å². The Hall–Kier alpha value is -3.95. The summed E-state index contributed by atoms with van der Waals surface area (Å²) in [6.45, 7) is 0. The number of anilines is 2. The van der Waals surface area contributed by atoms with E-state index in [2.05, 4.69) is 31.0 Å². The molecule has 5 rings (SSSR count). The Labute approximate surface area is 151 Å². The molecule has 0 fully saturated rings. The summed E-state index contributed by atoms with van der Waals surface area (Å²) in [4.78, 5) is 12.5. The summed E-state index contributed by atoms with van der Waals surface area (Å²) in [6.07, 6.45) is 1.55. The molecular weight excluding hydrogens is 350 g/mol. The smallest absolute Gasteiger partial charge is 0.288 e. The van der Waals surface area contributed by atoms with E-state index in [0.29, 0.717) is 34.4 Å². The zero-order valence-electron chi connectivity index (χ0n) is 14.1. The van der Waals surface area contributed by atoms with Gasteiger partial charge >= 0.3 is 0 Å². The standard InChI is InChI=1S/C17H13N7O3/c1-26-10-6-3-2-5-9(10)15-12-13(11-7-4-8-27-11)19-20-16(25)14(12)18-17-21-22-23-24(15)17/h2-8,15H,1H3,(H,20,25)(H,18,21,23)/t15-/m0/s1. The number of aromatic amines is 1. The Bertz CT molecular complexity index is 1180. The number of nitrogens with zero attached hydrogens (tertiary/aromatic N) is 5. The van der Waals surface area contributed by atoms with Crippen molar-refractivity contribution in [3.63, 3.8) is 0 Å². The molecule has 0 aliphatic carbocycles. The number of para-hydroxylation sites is 1. The van der Waals surface area contributed by atoms with E-state index in [4.69, 9.17) is 9.15 Å². The van der Waals surface area contributed by atoms with Crippen LogP contribution in [0.15, 0.2) is 51.9 Å². The number of hydrogen-bond acceptors (Lipinski definition) is 8. The number of tetrazole rings is 1. The first-order valence-corrected chi connectivity index (χ1v) is 8.12. The van der Waals surface area contributed by atoms with Crippen molar-refractivity contribution in [3.05, 3.63) is 64.1 Å². The van der Waals surface area contributed by atoms with Crippen LogP contribution >= 0.6 is 0 Å². The molecule has 10 nitrogen and oxygen atoms in total. The van der Waals surface area contributed by atoms with Gasteiger partial charge in [-0.05, 0) is 28.6 Å². The number of nitrogens with one attached hydrogen (secondary N) is 2. The summed E-state index contributed by atoms with van der Waals surface area (Å²) < 4.78 is 12.7. The average Bonchev–Trinajstić information content (AvgIpc) is 3.39. The Kier molecular flexibility index (Phi) is 3.29. The minimum absolute atomic E-state index is 0.314. The molecule has 27 heavy (non-hydrogen) atoms. The number of methoxy groups -OCH3 is 1. The van der Waals surface area contributed by atoms with E-state index in [-0.39, 0.29) is 5.56 Å². The van der Waals surface area contributed by atoms with Crippen LogP contribution in [0.3, 0.4) is 0 Å². The third kappa shape index (κ3) is 2.23. The average molecular weight is 363 g/mol. The molecule has 1 aromatic carbocycles. The Morgan fingerprint density at radius 2 is 2.11 bits per heavy atom. The topological polar surface area (TPSA) is 124 Å². The molecule has 0 radical (unpaired) electrons. The van der Waals surface area contributed by atoms with Crippen LogP contribution in [0.5, 0.6) is 5.75 Å². The van der Waals surface area contributed by atoms with Gasteiger partial charge in [0.2, 0.25) is 5.95 Å². The second kappa shape index (κ2) is 5.80. The van der Waals surface area contributed by atoms with Gasteiger partial charge in [-0.3, -0.25) is 4.79 Å². The van der Waals surface area contributed by atoms with Gasteiger partial charge in [0.1, 0.15) is 23.2 Å². The number of H-pyrrole nitrogens is 1. The number of rotatable bonds is 3. The lowest BCUT2D eigenvalue weighted by atomic mass is 9.93. The largest absolute Gasteiger partial charge is 0.496 e. The molecule has 0 bridgehead atoms. The summed E-state index contributed by atoms with van der Waals surface area (Å²) in [7, 11) is 1.59. The molecule has 0 unspecified atom stereocenters. The molecule has 1 aliphatic heterocycles. The molecule has 134 valence electrons. The maximum Gasteiger partial charge on any atom is 0.288 e. The summed E-state index contributed by atoms with van der Waals surface area (Å²) in [6, 6.07) is 10.5. The molecule has 4 heterocycles. The van der Waals surface area contributed by atoms with E-state index < -0.39 is 6.04 Å². The molecule has 0 saturated heterocycles. The monoisotopic (exact) mass is 363 g/mol. The summed E-state index contributed by atoms with van der Waals surface area (Å²) >= 11 is 0. The van der Waals surface area contributed by atoms with Gasteiger partial charge in [0.15, 0.2) is 5.76 Å². The van der Waals surface area contributed by atoms with Crippen molar-refractivity contribution in [2.24, 2.45) is 0 Å². The Morgan fingerprint density at radius 1 is 1.22 bits per heavy atom. The maximum atomic E-state index is 12.5. The van der Waals surface area contributed by atoms with Gasteiger partial charge in [0.05, 0.1) is 13.4 Å². The fourth-order valence-corrected chi connectivity index (χ4v) is 3.32. The Balaban J connectivity index is 1.86. The molecule has 0 spiro atoms. The fraction of sp³-hybridized carbons (Fsp3) is 0.118. The third-order valence-electron chi connectivity index (χ3n) is 4.46. The predicted molar refractivity (Wildman–Crippen MR) is 93.9 cm³/mol. The van der Waals surface area contributed by atoms with Crippen molar-refractivity contribution < 1.29 is 9.15 Å². The highest BCUT2D eigenvalue weighted by Gasteiger charge is 2.36.